The van der Waals surface area contributed by atoms with Gasteiger partial charge >= 0.3 is 0 Å². The fraction of sp³-hybridized carbons (Fsp3) is 0.316. The molecular formula is C19H23ClFN2O3+. The van der Waals surface area contributed by atoms with E-state index < -0.39 is 5.82 Å². The summed E-state index contributed by atoms with van der Waals surface area (Å²) in [6.45, 7) is 3.50. The predicted octanol–water partition coefficient (Wildman–Crippen LogP) is 2.54. The van der Waals surface area contributed by atoms with Gasteiger partial charge < -0.3 is 19.7 Å². The lowest BCUT2D eigenvalue weighted by Gasteiger charge is -2.18. The summed E-state index contributed by atoms with van der Waals surface area (Å²) >= 11 is 6.07. The first-order valence-electron chi connectivity index (χ1n) is 8.26. The van der Waals surface area contributed by atoms with Crippen LogP contribution in [0.5, 0.6) is 11.5 Å². The molecule has 2 N–H and O–H groups in total. The maximum Gasteiger partial charge on any atom is 0.279 e. The Bertz CT molecular complexity index is 770. The number of hydrogen-bond acceptors (Lipinski definition) is 3. The van der Waals surface area contributed by atoms with Crippen LogP contribution in [-0.2, 0) is 11.3 Å². The van der Waals surface area contributed by atoms with Gasteiger partial charge in [-0.05, 0) is 43.3 Å². The Labute approximate surface area is 157 Å². The number of rotatable bonds is 8. The minimum atomic E-state index is -0.405. The molecule has 0 spiro atoms. The molecule has 140 valence electrons. The van der Waals surface area contributed by atoms with Gasteiger partial charge in [-0.2, -0.15) is 0 Å². The highest BCUT2D eigenvalue weighted by molar-refractivity contribution is 6.32. The maximum atomic E-state index is 13.8. The van der Waals surface area contributed by atoms with Gasteiger partial charge in [0.2, 0.25) is 0 Å². The fourth-order valence-corrected chi connectivity index (χ4v) is 2.86. The smallest absolute Gasteiger partial charge is 0.279 e. The number of amides is 1. The summed E-state index contributed by atoms with van der Waals surface area (Å²) in [6.07, 6.45) is 0. The molecule has 0 heterocycles. The van der Waals surface area contributed by atoms with Crippen LogP contribution in [0.25, 0.3) is 0 Å². The predicted molar refractivity (Wildman–Crippen MR) is 99.7 cm³/mol. The Morgan fingerprint density at radius 2 is 1.85 bits per heavy atom. The van der Waals surface area contributed by atoms with Crippen molar-refractivity contribution in [3.05, 3.63) is 52.8 Å². The number of halogens is 2. The lowest BCUT2D eigenvalue weighted by atomic mass is 10.2. The van der Waals surface area contributed by atoms with E-state index in [-0.39, 0.29) is 18.2 Å². The third-order valence-electron chi connectivity index (χ3n) is 4.02. The van der Waals surface area contributed by atoms with E-state index in [4.69, 9.17) is 21.1 Å². The molecular weight excluding hydrogens is 359 g/mol. The van der Waals surface area contributed by atoms with Gasteiger partial charge in [-0.1, -0.05) is 11.6 Å². The molecule has 0 aliphatic heterocycles. The zero-order chi connectivity index (χ0) is 19.1. The molecule has 0 bridgehead atoms. The molecule has 0 saturated heterocycles. The normalized spacial score (nSPS) is 11.7. The van der Waals surface area contributed by atoms with Crippen LogP contribution in [0.4, 0.5) is 10.1 Å². The van der Waals surface area contributed by atoms with Crippen molar-refractivity contribution in [1.82, 2.24) is 0 Å². The van der Waals surface area contributed by atoms with Gasteiger partial charge in [0.25, 0.3) is 5.91 Å². The topological polar surface area (TPSA) is 52.0 Å². The number of nitrogens with one attached hydrogen (secondary N) is 2. The highest BCUT2D eigenvalue weighted by Crippen LogP contribution is 2.27. The third kappa shape index (κ3) is 5.34. The number of anilines is 1. The third-order valence-corrected chi connectivity index (χ3v) is 4.31. The van der Waals surface area contributed by atoms with Crippen LogP contribution in [0.1, 0.15) is 12.5 Å². The van der Waals surface area contributed by atoms with Gasteiger partial charge in [-0.3, -0.25) is 4.79 Å². The molecule has 1 atom stereocenters. The lowest BCUT2D eigenvalue weighted by molar-refractivity contribution is -0.903. The summed E-state index contributed by atoms with van der Waals surface area (Å²) in [5.74, 6) is 0.211. The van der Waals surface area contributed by atoms with Crippen LogP contribution in [0.15, 0.2) is 36.4 Å². The number of benzene rings is 2. The molecule has 1 amide bonds. The first kappa shape index (κ1) is 20.0. The van der Waals surface area contributed by atoms with E-state index in [0.717, 1.165) is 17.0 Å². The van der Waals surface area contributed by atoms with Crippen LogP contribution < -0.4 is 19.7 Å². The number of quaternary nitrogens is 1. The van der Waals surface area contributed by atoms with Crippen molar-refractivity contribution in [2.24, 2.45) is 0 Å². The van der Waals surface area contributed by atoms with Gasteiger partial charge in [0.15, 0.2) is 18.1 Å². The number of methoxy groups -OCH3 is 2. The van der Waals surface area contributed by atoms with Crippen LogP contribution >= 0.6 is 11.6 Å². The second kappa shape index (κ2) is 9.40. The molecule has 1 unspecified atom stereocenters. The molecule has 7 heteroatoms. The summed E-state index contributed by atoms with van der Waals surface area (Å²) in [5.41, 5.74) is 1.41. The van der Waals surface area contributed by atoms with Gasteiger partial charge in [0.05, 0.1) is 25.8 Å². The number of carbonyl (C=O) groups excluding carboxylic acids is 1. The van der Waals surface area contributed by atoms with Crippen LogP contribution in [0.3, 0.4) is 0 Å². The second-order valence-electron chi connectivity index (χ2n) is 5.82. The van der Waals surface area contributed by atoms with E-state index in [1.165, 1.54) is 20.3 Å². The largest absolute Gasteiger partial charge is 0.495 e. The Morgan fingerprint density at radius 3 is 2.42 bits per heavy atom. The average molecular weight is 382 g/mol. The quantitative estimate of drug-likeness (QED) is 0.739. The highest BCUT2D eigenvalue weighted by atomic mass is 35.5. The number of ether oxygens (including phenoxy) is 2. The lowest BCUT2D eigenvalue weighted by Crippen LogP contribution is -3.11. The molecule has 0 aliphatic carbocycles. The van der Waals surface area contributed by atoms with Crippen molar-refractivity contribution in [1.29, 1.82) is 0 Å². The number of likely N-dealkylation sites (N-methyl/N-ethyl adjacent to an activating group) is 1. The molecule has 26 heavy (non-hydrogen) atoms. The summed E-state index contributed by atoms with van der Waals surface area (Å²) in [7, 11) is 2.96. The Kier molecular flexibility index (Phi) is 7.24. The van der Waals surface area contributed by atoms with Gasteiger partial charge in [-0.25, -0.2) is 4.39 Å². The summed E-state index contributed by atoms with van der Waals surface area (Å²) in [4.78, 5) is 13.3. The van der Waals surface area contributed by atoms with Crippen LogP contribution in [-0.4, -0.2) is 33.2 Å². The summed E-state index contributed by atoms with van der Waals surface area (Å²) in [6, 6.07) is 9.91. The maximum absolute atomic E-state index is 13.8. The molecule has 0 saturated carbocycles. The first-order chi connectivity index (χ1) is 12.5. The number of carbonyl (C=O) groups is 1. The summed E-state index contributed by atoms with van der Waals surface area (Å²) < 4.78 is 23.8. The molecule has 2 aromatic rings. The van der Waals surface area contributed by atoms with Crippen molar-refractivity contribution < 1.29 is 23.6 Å². The van der Waals surface area contributed by atoms with Gasteiger partial charge in [-0.15, -0.1) is 0 Å². The molecule has 0 radical (unpaired) electrons. The van der Waals surface area contributed by atoms with Gasteiger partial charge in [0.1, 0.15) is 12.3 Å². The number of hydrogen-bond donors (Lipinski definition) is 2. The van der Waals surface area contributed by atoms with E-state index in [9.17, 15) is 9.18 Å². The van der Waals surface area contributed by atoms with Crippen molar-refractivity contribution in [3.8, 4) is 11.5 Å². The summed E-state index contributed by atoms with van der Waals surface area (Å²) in [5, 5.41) is 3.25. The van der Waals surface area contributed by atoms with E-state index in [1.54, 1.807) is 30.3 Å². The van der Waals surface area contributed by atoms with Gasteiger partial charge in [0, 0.05) is 11.3 Å². The molecule has 2 rings (SSSR count). The van der Waals surface area contributed by atoms with Crippen molar-refractivity contribution in [2.75, 3.05) is 32.6 Å². The van der Waals surface area contributed by atoms with Crippen molar-refractivity contribution in [2.45, 2.75) is 13.5 Å². The van der Waals surface area contributed by atoms with E-state index in [2.05, 4.69) is 5.32 Å². The molecule has 0 aromatic heterocycles. The zero-order valence-corrected chi connectivity index (χ0v) is 15.8. The fourth-order valence-electron chi connectivity index (χ4n) is 2.60. The van der Waals surface area contributed by atoms with Crippen molar-refractivity contribution >= 4 is 23.2 Å². The zero-order valence-electron chi connectivity index (χ0n) is 15.1. The second-order valence-corrected chi connectivity index (χ2v) is 6.23. The minimum absolute atomic E-state index is 0.142. The molecule has 5 nitrogen and oxygen atoms in total. The molecule has 0 aliphatic rings. The Balaban J connectivity index is 1.97. The van der Waals surface area contributed by atoms with Crippen molar-refractivity contribution in [3.63, 3.8) is 0 Å². The first-order valence-corrected chi connectivity index (χ1v) is 8.64. The van der Waals surface area contributed by atoms with E-state index in [1.807, 2.05) is 6.92 Å². The monoisotopic (exact) mass is 381 g/mol. The van der Waals surface area contributed by atoms with E-state index >= 15 is 0 Å². The van der Waals surface area contributed by atoms with Crippen LogP contribution in [0, 0.1) is 5.82 Å². The highest BCUT2D eigenvalue weighted by Gasteiger charge is 2.15. The van der Waals surface area contributed by atoms with Crippen LogP contribution in [0.2, 0.25) is 5.02 Å². The Hall–Kier alpha value is -2.31. The Morgan fingerprint density at radius 1 is 1.15 bits per heavy atom. The van der Waals surface area contributed by atoms with E-state index in [0.29, 0.717) is 23.0 Å². The molecule has 2 aromatic carbocycles. The minimum Gasteiger partial charge on any atom is -0.495 e. The molecule has 0 fully saturated rings. The SMILES string of the molecule is CC[NH+](CC(=O)Nc1ccc(OC)c(Cl)c1)Cc1ccc(OC)c(F)c1. The standard InChI is InChI=1S/C19H22ClFN2O3/c1-4-23(11-13-5-7-18(26-3)16(21)9-13)12-19(24)22-14-6-8-17(25-2)15(20)10-14/h5-10H,4,11-12H2,1-3H3,(H,22,24)/p+1. The average Bonchev–Trinajstić information content (AvgIpc) is 2.61.